The third kappa shape index (κ3) is 2.73. The number of benzene rings is 1. The summed E-state index contributed by atoms with van der Waals surface area (Å²) in [5.74, 6) is 1.29. The summed E-state index contributed by atoms with van der Waals surface area (Å²) in [6.07, 6.45) is 3.89. The molecule has 0 radical (unpaired) electrons. The Kier molecular flexibility index (Phi) is 3.92. The SMILES string of the molecule is CN(Cc1ccc2c(c1)CCCS2)C1CCNC1. The highest BCUT2D eigenvalue weighted by atomic mass is 32.2. The average molecular weight is 262 g/mol. The number of hydrogen-bond acceptors (Lipinski definition) is 3. The van der Waals surface area contributed by atoms with E-state index in [1.807, 2.05) is 11.8 Å². The number of nitrogens with one attached hydrogen (secondary N) is 1. The van der Waals surface area contributed by atoms with E-state index in [0.717, 1.165) is 19.1 Å². The van der Waals surface area contributed by atoms with Crippen molar-refractivity contribution in [1.29, 1.82) is 0 Å². The lowest BCUT2D eigenvalue weighted by atomic mass is 10.1. The highest BCUT2D eigenvalue weighted by Gasteiger charge is 2.19. The molecule has 2 aliphatic rings. The van der Waals surface area contributed by atoms with Crippen molar-refractivity contribution in [2.75, 3.05) is 25.9 Å². The van der Waals surface area contributed by atoms with Gasteiger partial charge >= 0.3 is 0 Å². The topological polar surface area (TPSA) is 15.3 Å². The van der Waals surface area contributed by atoms with Crippen molar-refractivity contribution in [3.63, 3.8) is 0 Å². The van der Waals surface area contributed by atoms with Gasteiger partial charge < -0.3 is 5.32 Å². The van der Waals surface area contributed by atoms with Gasteiger partial charge in [-0.2, -0.15) is 0 Å². The van der Waals surface area contributed by atoms with Gasteiger partial charge in [0.2, 0.25) is 0 Å². The maximum atomic E-state index is 3.44. The molecule has 2 nitrogen and oxygen atoms in total. The van der Waals surface area contributed by atoms with Crippen molar-refractivity contribution in [1.82, 2.24) is 10.2 Å². The molecule has 98 valence electrons. The van der Waals surface area contributed by atoms with E-state index in [4.69, 9.17) is 0 Å². The molecule has 1 unspecified atom stereocenters. The maximum absolute atomic E-state index is 3.44. The fourth-order valence-electron chi connectivity index (χ4n) is 2.94. The molecular formula is C15H22N2S. The molecular weight excluding hydrogens is 240 g/mol. The summed E-state index contributed by atoms with van der Waals surface area (Å²) < 4.78 is 0. The first-order valence-corrected chi connectivity index (χ1v) is 7.97. The van der Waals surface area contributed by atoms with Crippen LogP contribution in [-0.4, -0.2) is 36.8 Å². The molecule has 1 aromatic carbocycles. The Morgan fingerprint density at radius 1 is 1.44 bits per heavy atom. The van der Waals surface area contributed by atoms with Gasteiger partial charge in [0.1, 0.15) is 0 Å². The van der Waals surface area contributed by atoms with Crippen LogP contribution in [0, 0.1) is 0 Å². The van der Waals surface area contributed by atoms with Crippen LogP contribution in [0.15, 0.2) is 23.1 Å². The standard InChI is InChI=1S/C15H22N2S/c1-17(14-6-7-16-10-14)11-12-4-5-15-13(9-12)3-2-8-18-15/h4-5,9,14,16H,2-3,6-8,10-11H2,1H3. The molecule has 1 saturated heterocycles. The van der Waals surface area contributed by atoms with Crippen molar-refractivity contribution in [2.45, 2.75) is 36.7 Å². The first-order valence-electron chi connectivity index (χ1n) is 6.98. The Labute approximate surface area is 114 Å². The van der Waals surface area contributed by atoms with Gasteiger partial charge in [-0.25, -0.2) is 0 Å². The van der Waals surface area contributed by atoms with Crippen molar-refractivity contribution >= 4 is 11.8 Å². The second-order valence-corrected chi connectivity index (χ2v) is 6.59. The molecule has 18 heavy (non-hydrogen) atoms. The monoisotopic (exact) mass is 262 g/mol. The molecule has 0 amide bonds. The van der Waals surface area contributed by atoms with Crippen LogP contribution in [-0.2, 0) is 13.0 Å². The third-order valence-electron chi connectivity index (χ3n) is 4.06. The largest absolute Gasteiger partial charge is 0.315 e. The predicted octanol–water partition coefficient (Wildman–Crippen LogP) is 2.52. The van der Waals surface area contributed by atoms with Crippen molar-refractivity contribution < 1.29 is 0 Å². The minimum atomic E-state index is 0.718. The summed E-state index contributed by atoms with van der Waals surface area (Å²) in [6, 6.07) is 7.79. The molecule has 0 bridgehead atoms. The maximum Gasteiger partial charge on any atom is 0.0234 e. The Morgan fingerprint density at radius 3 is 3.22 bits per heavy atom. The van der Waals surface area contributed by atoms with Gasteiger partial charge in [0.15, 0.2) is 0 Å². The predicted molar refractivity (Wildman–Crippen MR) is 78.2 cm³/mol. The van der Waals surface area contributed by atoms with Crippen LogP contribution in [0.3, 0.4) is 0 Å². The second kappa shape index (κ2) is 5.64. The van der Waals surface area contributed by atoms with Crippen molar-refractivity contribution in [3.05, 3.63) is 29.3 Å². The second-order valence-electron chi connectivity index (χ2n) is 5.46. The number of nitrogens with zero attached hydrogens (tertiary/aromatic N) is 1. The number of hydrogen-bond donors (Lipinski definition) is 1. The molecule has 0 spiro atoms. The molecule has 2 heterocycles. The van der Waals surface area contributed by atoms with Crippen molar-refractivity contribution in [3.8, 4) is 0 Å². The first kappa shape index (κ1) is 12.5. The molecule has 0 aliphatic carbocycles. The molecule has 1 atom stereocenters. The van der Waals surface area contributed by atoms with Crippen LogP contribution in [0.25, 0.3) is 0 Å². The minimum Gasteiger partial charge on any atom is -0.315 e. The normalized spacial score (nSPS) is 23.3. The van der Waals surface area contributed by atoms with E-state index in [9.17, 15) is 0 Å². The summed E-state index contributed by atoms with van der Waals surface area (Å²) in [6.45, 7) is 3.41. The van der Waals surface area contributed by atoms with E-state index in [1.165, 1.54) is 42.0 Å². The van der Waals surface area contributed by atoms with Crippen LogP contribution >= 0.6 is 11.8 Å². The average Bonchev–Trinajstić information content (AvgIpc) is 2.92. The Bertz CT molecular complexity index is 413. The smallest absolute Gasteiger partial charge is 0.0234 e. The first-order chi connectivity index (χ1) is 8.83. The molecule has 2 aliphatic heterocycles. The summed E-state index contributed by atoms with van der Waals surface area (Å²) in [5.41, 5.74) is 3.05. The number of thioether (sulfide) groups is 1. The van der Waals surface area contributed by atoms with Crippen LogP contribution in [0.5, 0.6) is 0 Å². The lowest BCUT2D eigenvalue weighted by Gasteiger charge is -2.24. The molecule has 1 fully saturated rings. The van der Waals surface area contributed by atoms with Crippen LogP contribution in [0.2, 0.25) is 0 Å². The van der Waals surface area contributed by atoms with Crippen LogP contribution in [0.1, 0.15) is 24.0 Å². The van der Waals surface area contributed by atoms with Crippen LogP contribution < -0.4 is 5.32 Å². The zero-order chi connectivity index (χ0) is 12.4. The van der Waals surface area contributed by atoms with Gasteiger partial charge in [0.05, 0.1) is 0 Å². The van der Waals surface area contributed by atoms with E-state index in [1.54, 1.807) is 5.56 Å². The highest BCUT2D eigenvalue weighted by Crippen LogP contribution is 2.30. The molecule has 1 aromatic rings. The van der Waals surface area contributed by atoms with E-state index in [-0.39, 0.29) is 0 Å². The molecule has 0 saturated carbocycles. The number of rotatable bonds is 3. The molecule has 3 rings (SSSR count). The minimum absolute atomic E-state index is 0.718. The quantitative estimate of drug-likeness (QED) is 0.901. The Balaban J connectivity index is 1.68. The lowest BCUT2D eigenvalue weighted by molar-refractivity contribution is 0.249. The van der Waals surface area contributed by atoms with E-state index in [2.05, 4.69) is 35.5 Å². The van der Waals surface area contributed by atoms with Crippen molar-refractivity contribution in [2.24, 2.45) is 0 Å². The third-order valence-corrected chi connectivity index (χ3v) is 5.26. The Morgan fingerprint density at radius 2 is 2.39 bits per heavy atom. The summed E-state index contributed by atoms with van der Waals surface area (Å²) in [5, 5.41) is 3.44. The fraction of sp³-hybridized carbons (Fsp3) is 0.600. The molecule has 0 aromatic heterocycles. The molecule has 3 heteroatoms. The number of likely N-dealkylation sites (N-methyl/N-ethyl adjacent to an activating group) is 1. The van der Waals surface area contributed by atoms with E-state index >= 15 is 0 Å². The van der Waals surface area contributed by atoms with Gasteiger partial charge in [-0.3, -0.25) is 4.90 Å². The number of fused-ring (bicyclic) bond motifs is 1. The summed E-state index contributed by atoms with van der Waals surface area (Å²) in [4.78, 5) is 4.01. The molecule has 1 N–H and O–H groups in total. The van der Waals surface area contributed by atoms with E-state index < -0.39 is 0 Å². The summed E-state index contributed by atoms with van der Waals surface area (Å²) in [7, 11) is 2.26. The van der Waals surface area contributed by atoms with Crippen LogP contribution in [0.4, 0.5) is 0 Å². The lowest BCUT2D eigenvalue weighted by Crippen LogP contribution is -2.32. The van der Waals surface area contributed by atoms with Gasteiger partial charge in [0, 0.05) is 24.0 Å². The van der Waals surface area contributed by atoms with Gasteiger partial charge in [-0.15, -0.1) is 11.8 Å². The zero-order valence-electron chi connectivity index (χ0n) is 11.1. The fourth-order valence-corrected chi connectivity index (χ4v) is 3.96. The highest BCUT2D eigenvalue weighted by molar-refractivity contribution is 7.99. The zero-order valence-corrected chi connectivity index (χ0v) is 11.9. The van der Waals surface area contributed by atoms with Gasteiger partial charge in [-0.1, -0.05) is 12.1 Å². The van der Waals surface area contributed by atoms with Gasteiger partial charge in [-0.05, 0) is 55.8 Å². The van der Waals surface area contributed by atoms with E-state index in [0.29, 0.717) is 0 Å². The summed E-state index contributed by atoms with van der Waals surface area (Å²) >= 11 is 2.02. The Hall–Kier alpha value is -0.510. The number of aryl methyl sites for hydroxylation is 1. The van der Waals surface area contributed by atoms with Gasteiger partial charge in [0.25, 0.3) is 0 Å².